The summed E-state index contributed by atoms with van der Waals surface area (Å²) in [6, 6.07) is 10.0. The van der Waals surface area contributed by atoms with Gasteiger partial charge in [-0.15, -0.1) is 0 Å². The zero-order valence-corrected chi connectivity index (χ0v) is 10.5. The monoisotopic (exact) mass is 248 g/mol. The minimum atomic E-state index is -0.300. The van der Waals surface area contributed by atoms with Gasteiger partial charge in [0.25, 0.3) is 5.91 Å². The predicted octanol–water partition coefficient (Wildman–Crippen LogP) is 1.15. The van der Waals surface area contributed by atoms with Gasteiger partial charge in [-0.05, 0) is 24.9 Å². The minimum Gasteiger partial charge on any atom is -0.367 e. The normalized spacial score (nSPS) is 20.2. The molecule has 1 atom stereocenters. The molecular weight excluding hydrogens is 228 g/mol. The molecule has 98 valence electrons. The third-order valence-corrected chi connectivity index (χ3v) is 3.15. The van der Waals surface area contributed by atoms with Gasteiger partial charge in [-0.3, -0.25) is 4.79 Å². The SMILES string of the molecule is NCCCC1OCCN(Cc2ccccc2)C1=O. The second-order valence-corrected chi connectivity index (χ2v) is 4.54. The number of nitrogens with two attached hydrogens (primary N) is 1. The lowest BCUT2D eigenvalue weighted by Gasteiger charge is -2.32. The summed E-state index contributed by atoms with van der Waals surface area (Å²) in [5, 5.41) is 0. The van der Waals surface area contributed by atoms with E-state index in [9.17, 15) is 4.79 Å². The summed E-state index contributed by atoms with van der Waals surface area (Å²) in [6.45, 7) is 2.56. The third-order valence-electron chi connectivity index (χ3n) is 3.15. The minimum absolute atomic E-state index is 0.0959. The molecule has 1 amide bonds. The van der Waals surface area contributed by atoms with E-state index in [-0.39, 0.29) is 12.0 Å². The fourth-order valence-corrected chi connectivity index (χ4v) is 2.16. The van der Waals surface area contributed by atoms with Gasteiger partial charge in [-0.2, -0.15) is 0 Å². The van der Waals surface area contributed by atoms with Crippen molar-refractivity contribution >= 4 is 5.91 Å². The second kappa shape index (κ2) is 6.52. The van der Waals surface area contributed by atoms with Crippen molar-refractivity contribution in [2.45, 2.75) is 25.5 Å². The number of ether oxygens (including phenoxy) is 1. The van der Waals surface area contributed by atoms with Crippen LogP contribution in [-0.2, 0) is 16.1 Å². The molecule has 2 N–H and O–H groups in total. The summed E-state index contributed by atoms with van der Waals surface area (Å²) in [5.41, 5.74) is 6.63. The second-order valence-electron chi connectivity index (χ2n) is 4.54. The first-order chi connectivity index (χ1) is 8.81. The lowest BCUT2D eigenvalue weighted by molar-refractivity contribution is -0.154. The van der Waals surface area contributed by atoms with E-state index in [1.807, 2.05) is 35.2 Å². The molecule has 0 saturated carbocycles. The molecule has 1 aliphatic rings. The van der Waals surface area contributed by atoms with Crippen molar-refractivity contribution in [2.75, 3.05) is 19.7 Å². The third kappa shape index (κ3) is 3.31. The van der Waals surface area contributed by atoms with Crippen LogP contribution < -0.4 is 5.73 Å². The summed E-state index contributed by atoms with van der Waals surface area (Å²) < 4.78 is 5.51. The Hall–Kier alpha value is -1.39. The van der Waals surface area contributed by atoms with Gasteiger partial charge in [0, 0.05) is 13.1 Å². The summed E-state index contributed by atoms with van der Waals surface area (Å²) in [7, 11) is 0. The molecule has 0 aromatic heterocycles. The summed E-state index contributed by atoms with van der Waals surface area (Å²) >= 11 is 0. The van der Waals surface area contributed by atoms with Gasteiger partial charge in [0.1, 0.15) is 6.10 Å². The maximum absolute atomic E-state index is 12.2. The van der Waals surface area contributed by atoms with Crippen LogP contribution in [-0.4, -0.2) is 36.6 Å². The van der Waals surface area contributed by atoms with Crippen LogP contribution in [0.15, 0.2) is 30.3 Å². The van der Waals surface area contributed by atoms with Crippen LogP contribution in [0.5, 0.6) is 0 Å². The van der Waals surface area contributed by atoms with Crippen LogP contribution >= 0.6 is 0 Å². The topological polar surface area (TPSA) is 55.6 Å². The molecule has 1 fully saturated rings. The van der Waals surface area contributed by atoms with Crippen LogP contribution in [0.2, 0.25) is 0 Å². The molecule has 0 radical (unpaired) electrons. The molecule has 4 heteroatoms. The molecule has 1 saturated heterocycles. The zero-order valence-electron chi connectivity index (χ0n) is 10.5. The Morgan fingerprint density at radius 2 is 2.11 bits per heavy atom. The van der Waals surface area contributed by atoms with Crippen LogP contribution in [0.4, 0.5) is 0 Å². The number of amides is 1. The van der Waals surface area contributed by atoms with E-state index >= 15 is 0 Å². The Morgan fingerprint density at radius 1 is 1.33 bits per heavy atom. The van der Waals surface area contributed by atoms with Crippen molar-refractivity contribution in [1.29, 1.82) is 0 Å². The molecule has 1 aromatic carbocycles. The molecule has 2 rings (SSSR count). The molecule has 1 heterocycles. The van der Waals surface area contributed by atoms with Gasteiger partial charge in [0.05, 0.1) is 6.61 Å². The van der Waals surface area contributed by atoms with Gasteiger partial charge in [-0.25, -0.2) is 0 Å². The largest absolute Gasteiger partial charge is 0.367 e. The molecule has 1 unspecified atom stereocenters. The van der Waals surface area contributed by atoms with Gasteiger partial charge < -0.3 is 15.4 Å². The lowest BCUT2D eigenvalue weighted by atomic mass is 10.1. The van der Waals surface area contributed by atoms with Gasteiger partial charge in [0.15, 0.2) is 0 Å². The van der Waals surface area contributed by atoms with Gasteiger partial charge >= 0.3 is 0 Å². The first-order valence-corrected chi connectivity index (χ1v) is 6.45. The van der Waals surface area contributed by atoms with E-state index in [0.29, 0.717) is 26.2 Å². The van der Waals surface area contributed by atoms with Crippen LogP contribution in [0, 0.1) is 0 Å². The molecule has 0 aliphatic carbocycles. The van der Waals surface area contributed by atoms with E-state index in [4.69, 9.17) is 10.5 Å². The van der Waals surface area contributed by atoms with E-state index < -0.39 is 0 Å². The van der Waals surface area contributed by atoms with E-state index in [2.05, 4.69) is 0 Å². The number of hydrogen-bond acceptors (Lipinski definition) is 3. The molecular formula is C14H20N2O2. The highest BCUT2D eigenvalue weighted by Crippen LogP contribution is 2.15. The van der Waals surface area contributed by atoms with Crippen LogP contribution in [0.1, 0.15) is 18.4 Å². The Morgan fingerprint density at radius 3 is 2.83 bits per heavy atom. The quantitative estimate of drug-likeness (QED) is 0.850. The number of carbonyl (C=O) groups is 1. The average Bonchev–Trinajstić information content (AvgIpc) is 2.41. The fraction of sp³-hybridized carbons (Fsp3) is 0.500. The van der Waals surface area contributed by atoms with E-state index in [1.165, 1.54) is 0 Å². The molecule has 4 nitrogen and oxygen atoms in total. The smallest absolute Gasteiger partial charge is 0.252 e. The van der Waals surface area contributed by atoms with Crippen molar-refractivity contribution in [3.8, 4) is 0 Å². The number of nitrogens with zero attached hydrogens (tertiary/aromatic N) is 1. The predicted molar refractivity (Wildman–Crippen MR) is 69.9 cm³/mol. The highest BCUT2D eigenvalue weighted by Gasteiger charge is 2.28. The number of hydrogen-bond donors (Lipinski definition) is 1. The highest BCUT2D eigenvalue weighted by atomic mass is 16.5. The van der Waals surface area contributed by atoms with Gasteiger partial charge in [0.2, 0.25) is 0 Å². The summed E-state index contributed by atoms with van der Waals surface area (Å²) in [4.78, 5) is 14.1. The number of morpholine rings is 1. The first-order valence-electron chi connectivity index (χ1n) is 6.45. The van der Waals surface area contributed by atoms with E-state index in [1.54, 1.807) is 0 Å². The maximum Gasteiger partial charge on any atom is 0.252 e. The van der Waals surface area contributed by atoms with Crippen molar-refractivity contribution in [1.82, 2.24) is 4.90 Å². The Kier molecular flexibility index (Phi) is 4.73. The van der Waals surface area contributed by atoms with Crippen molar-refractivity contribution < 1.29 is 9.53 Å². The number of benzene rings is 1. The molecule has 0 spiro atoms. The maximum atomic E-state index is 12.2. The van der Waals surface area contributed by atoms with Crippen LogP contribution in [0.3, 0.4) is 0 Å². The van der Waals surface area contributed by atoms with E-state index in [0.717, 1.165) is 18.4 Å². The average molecular weight is 248 g/mol. The van der Waals surface area contributed by atoms with Crippen LogP contribution in [0.25, 0.3) is 0 Å². The number of rotatable bonds is 5. The Balaban J connectivity index is 1.94. The number of carbonyl (C=O) groups excluding carboxylic acids is 1. The lowest BCUT2D eigenvalue weighted by Crippen LogP contribution is -2.47. The standard InChI is InChI=1S/C14H20N2O2/c15-8-4-7-13-14(17)16(9-10-18-13)11-12-5-2-1-3-6-12/h1-3,5-6,13H,4,7-11,15H2. The summed E-state index contributed by atoms with van der Waals surface area (Å²) in [5.74, 6) is 0.0959. The fourth-order valence-electron chi connectivity index (χ4n) is 2.16. The van der Waals surface area contributed by atoms with Crippen molar-refractivity contribution in [2.24, 2.45) is 5.73 Å². The van der Waals surface area contributed by atoms with Gasteiger partial charge in [-0.1, -0.05) is 30.3 Å². The highest BCUT2D eigenvalue weighted by molar-refractivity contribution is 5.81. The van der Waals surface area contributed by atoms with Crippen molar-refractivity contribution in [3.05, 3.63) is 35.9 Å². The Bertz CT molecular complexity index is 381. The molecule has 0 bridgehead atoms. The first kappa shape index (κ1) is 13.1. The molecule has 18 heavy (non-hydrogen) atoms. The zero-order chi connectivity index (χ0) is 12.8. The molecule has 1 aromatic rings. The summed E-state index contributed by atoms with van der Waals surface area (Å²) in [6.07, 6.45) is 1.25. The van der Waals surface area contributed by atoms with Crippen molar-refractivity contribution in [3.63, 3.8) is 0 Å². The Labute approximate surface area is 108 Å². The molecule has 1 aliphatic heterocycles.